The number of thiazole rings is 1. The van der Waals surface area contributed by atoms with Crippen molar-refractivity contribution in [3.05, 3.63) is 17.4 Å². The molecule has 3 N–H and O–H groups in total. The Morgan fingerprint density at radius 1 is 1.35 bits per heavy atom. The minimum atomic E-state index is -0.113. The molecule has 0 atom stereocenters. The predicted octanol–water partition coefficient (Wildman–Crippen LogP) is -0.301. The van der Waals surface area contributed by atoms with Gasteiger partial charge in [-0.3, -0.25) is 9.59 Å². The number of hydrogen-bond acceptors (Lipinski definition) is 8. The lowest BCUT2D eigenvalue weighted by atomic mass is 9.96. The molecule has 2 aromatic rings. The average Bonchev–Trinajstić information content (AvgIpc) is 3.30. The van der Waals surface area contributed by atoms with Crippen LogP contribution in [0.2, 0.25) is 0 Å². The molecule has 11 heteroatoms. The zero-order valence-corrected chi connectivity index (χ0v) is 15.2. The SMILES string of the molecule is Nc1nc(CCC(=O)N2CCC(CNC(=O)Cn3cnnn3)CC2)cs1. The van der Waals surface area contributed by atoms with Crippen molar-refractivity contribution in [2.75, 3.05) is 25.4 Å². The standard InChI is InChI=1S/C15H22N8O2S/c16-15-19-12(9-26-15)1-2-14(25)22-5-3-11(4-6-22)7-17-13(24)8-23-10-18-20-21-23/h9-11H,1-8H2,(H2,16,19)(H,17,24). The molecule has 2 aromatic heterocycles. The molecule has 26 heavy (non-hydrogen) atoms. The number of nitrogens with one attached hydrogen (secondary N) is 1. The van der Waals surface area contributed by atoms with Crippen molar-refractivity contribution in [3.8, 4) is 0 Å². The summed E-state index contributed by atoms with van der Waals surface area (Å²) in [6, 6.07) is 0. The molecule has 1 fully saturated rings. The van der Waals surface area contributed by atoms with Crippen LogP contribution in [-0.2, 0) is 22.6 Å². The number of amides is 2. The highest BCUT2D eigenvalue weighted by molar-refractivity contribution is 7.13. The monoisotopic (exact) mass is 378 g/mol. The minimum Gasteiger partial charge on any atom is -0.375 e. The number of aromatic nitrogens is 5. The van der Waals surface area contributed by atoms with Crippen LogP contribution in [0.15, 0.2) is 11.7 Å². The van der Waals surface area contributed by atoms with Crippen LogP contribution in [-0.4, -0.2) is 61.5 Å². The number of nitrogens with two attached hydrogens (primary N) is 1. The van der Waals surface area contributed by atoms with Crippen LogP contribution >= 0.6 is 11.3 Å². The van der Waals surface area contributed by atoms with Gasteiger partial charge in [0.25, 0.3) is 0 Å². The van der Waals surface area contributed by atoms with E-state index >= 15 is 0 Å². The number of nitrogens with zero attached hydrogens (tertiary/aromatic N) is 6. The smallest absolute Gasteiger partial charge is 0.241 e. The number of carbonyl (C=O) groups excluding carboxylic acids is 2. The molecule has 1 aliphatic rings. The third-order valence-electron chi connectivity index (χ3n) is 4.42. The van der Waals surface area contributed by atoms with Crippen LogP contribution in [0.4, 0.5) is 5.13 Å². The number of nitrogen functional groups attached to an aromatic ring is 1. The highest BCUT2D eigenvalue weighted by Gasteiger charge is 2.23. The van der Waals surface area contributed by atoms with Gasteiger partial charge < -0.3 is 16.0 Å². The average molecular weight is 378 g/mol. The van der Waals surface area contributed by atoms with Crippen LogP contribution in [0.1, 0.15) is 25.0 Å². The van der Waals surface area contributed by atoms with Gasteiger partial charge in [0.2, 0.25) is 11.8 Å². The van der Waals surface area contributed by atoms with Crippen LogP contribution in [0.25, 0.3) is 0 Å². The number of rotatable bonds is 7. The van der Waals surface area contributed by atoms with E-state index in [9.17, 15) is 9.59 Å². The third-order valence-corrected chi connectivity index (χ3v) is 5.14. The van der Waals surface area contributed by atoms with Gasteiger partial charge in [-0.05, 0) is 35.6 Å². The Balaban J connectivity index is 1.33. The summed E-state index contributed by atoms with van der Waals surface area (Å²) in [6.07, 6.45) is 4.26. The summed E-state index contributed by atoms with van der Waals surface area (Å²) in [5, 5.41) is 16.0. The second-order valence-corrected chi connectivity index (χ2v) is 7.20. The molecule has 0 aliphatic carbocycles. The molecule has 0 saturated carbocycles. The molecule has 0 aromatic carbocycles. The van der Waals surface area contributed by atoms with E-state index in [-0.39, 0.29) is 18.4 Å². The lowest BCUT2D eigenvalue weighted by molar-refractivity contribution is -0.132. The Hall–Kier alpha value is -2.56. The maximum absolute atomic E-state index is 12.3. The van der Waals surface area contributed by atoms with Gasteiger partial charge in [-0.1, -0.05) is 0 Å². The molecule has 0 bridgehead atoms. The first-order valence-electron chi connectivity index (χ1n) is 8.55. The van der Waals surface area contributed by atoms with E-state index in [0.29, 0.717) is 30.4 Å². The van der Waals surface area contributed by atoms with Crippen molar-refractivity contribution in [3.63, 3.8) is 0 Å². The van der Waals surface area contributed by atoms with Gasteiger partial charge in [0, 0.05) is 31.4 Å². The fraction of sp³-hybridized carbons (Fsp3) is 0.600. The molecule has 1 saturated heterocycles. The molecule has 0 unspecified atom stereocenters. The summed E-state index contributed by atoms with van der Waals surface area (Å²) in [7, 11) is 0. The molecule has 0 radical (unpaired) electrons. The Bertz CT molecular complexity index is 724. The first kappa shape index (κ1) is 18.2. The van der Waals surface area contributed by atoms with Gasteiger partial charge in [-0.2, -0.15) is 0 Å². The normalized spacial score (nSPS) is 15.2. The van der Waals surface area contributed by atoms with Crippen LogP contribution in [0.3, 0.4) is 0 Å². The molecular weight excluding hydrogens is 356 g/mol. The highest BCUT2D eigenvalue weighted by Crippen LogP contribution is 2.18. The molecule has 3 rings (SSSR count). The Kier molecular flexibility index (Phi) is 6.10. The van der Waals surface area contributed by atoms with Gasteiger partial charge in [-0.25, -0.2) is 9.67 Å². The van der Waals surface area contributed by atoms with Gasteiger partial charge in [0.05, 0.1) is 5.69 Å². The summed E-state index contributed by atoms with van der Waals surface area (Å²) in [4.78, 5) is 30.2. The summed E-state index contributed by atoms with van der Waals surface area (Å²) >= 11 is 1.40. The summed E-state index contributed by atoms with van der Waals surface area (Å²) < 4.78 is 1.38. The number of aryl methyl sites for hydroxylation is 1. The van der Waals surface area contributed by atoms with Gasteiger partial charge in [0.15, 0.2) is 5.13 Å². The van der Waals surface area contributed by atoms with Gasteiger partial charge >= 0.3 is 0 Å². The molecular formula is C15H22N8O2S. The predicted molar refractivity (Wildman–Crippen MR) is 95.0 cm³/mol. The van der Waals surface area contributed by atoms with Crippen molar-refractivity contribution < 1.29 is 9.59 Å². The van der Waals surface area contributed by atoms with Crippen molar-refractivity contribution in [2.45, 2.75) is 32.2 Å². The summed E-state index contributed by atoms with van der Waals surface area (Å²) in [5.41, 5.74) is 6.48. The maximum Gasteiger partial charge on any atom is 0.241 e. The van der Waals surface area contributed by atoms with Crippen LogP contribution in [0.5, 0.6) is 0 Å². The lowest BCUT2D eigenvalue weighted by Crippen LogP contribution is -2.42. The molecule has 2 amide bonds. The fourth-order valence-corrected chi connectivity index (χ4v) is 3.53. The Morgan fingerprint density at radius 3 is 2.81 bits per heavy atom. The van der Waals surface area contributed by atoms with E-state index < -0.39 is 0 Å². The first-order chi connectivity index (χ1) is 12.6. The lowest BCUT2D eigenvalue weighted by Gasteiger charge is -2.32. The zero-order chi connectivity index (χ0) is 18.4. The second-order valence-electron chi connectivity index (χ2n) is 6.31. The third kappa shape index (κ3) is 5.22. The number of anilines is 1. The maximum atomic E-state index is 12.3. The van der Waals surface area contributed by atoms with E-state index in [4.69, 9.17) is 5.73 Å². The molecule has 10 nitrogen and oxygen atoms in total. The van der Waals surface area contributed by atoms with Crippen molar-refractivity contribution in [1.82, 2.24) is 35.4 Å². The van der Waals surface area contributed by atoms with E-state index in [0.717, 1.165) is 31.6 Å². The summed E-state index contributed by atoms with van der Waals surface area (Å²) in [6.45, 7) is 2.18. The first-order valence-corrected chi connectivity index (χ1v) is 9.43. The van der Waals surface area contributed by atoms with E-state index in [1.54, 1.807) is 0 Å². The Morgan fingerprint density at radius 2 is 2.15 bits per heavy atom. The quantitative estimate of drug-likeness (QED) is 0.676. The second kappa shape index (κ2) is 8.70. The molecule has 0 spiro atoms. The molecule has 1 aliphatic heterocycles. The van der Waals surface area contributed by atoms with E-state index in [1.165, 1.54) is 22.3 Å². The largest absolute Gasteiger partial charge is 0.375 e. The van der Waals surface area contributed by atoms with E-state index in [1.807, 2.05) is 10.3 Å². The zero-order valence-electron chi connectivity index (χ0n) is 14.4. The molecule has 3 heterocycles. The number of carbonyl (C=O) groups is 2. The van der Waals surface area contributed by atoms with Crippen molar-refractivity contribution in [2.24, 2.45) is 5.92 Å². The van der Waals surface area contributed by atoms with E-state index in [2.05, 4.69) is 25.8 Å². The van der Waals surface area contributed by atoms with Crippen LogP contribution < -0.4 is 11.1 Å². The van der Waals surface area contributed by atoms with Crippen LogP contribution in [0, 0.1) is 5.92 Å². The summed E-state index contributed by atoms with van der Waals surface area (Å²) in [5.74, 6) is 0.422. The van der Waals surface area contributed by atoms with Gasteiger partial charge in [0.1, 0.15) is 12.9 Å². The number of tetrazole rings is 1. The topological polar surface area (TPSA) is 132 Å². The Labute approximate surface area is 154 Å². The highest BCUT2D eigenvalue weighted by atomic mass is 32.1. The fourth-order valence-electron chi connectivity index (χ4n) is 2.93. The number of hydrogen-bond donors (Lipinski definition) is 2. The number of piperidine rings is 1. The van der Waals surface area contributed by atoms with Crippen molar-refractivity contribution in [1.29, 1.82) is 0 Å². The van der Waals surface area contributed by atoms with Crippen molar-refractivity contribution >= 4 is 28.3 Å². The molecule has 140 valence electrons. The number of likely N-dealkylation sites (tertiary alicyclic amines) is 1. The minimum absolute atomic E-state index is 0.113. The van der Waals surface area contributed by atoms with Gasteiger partial charge in [-0.15, -0.1) is 16.4 Å².